The van der Waals surface area contributed by atoms with Crippen molar-refractivity contribution in [3.63, 3.8) is 0 Å². The van der Waals surface area contributed by atoms with Crippen LogP contribution in [0.3, 0.4) is 0 Å². The molecule has 0 aliphatic heterocycles. The van der Waals surface area contributed by atoms with Crippen molar-refractivity contribution in [2.75, 3.05) is 0 Å². The number of alkyl halides is 12. The van der Waals surface area contributed by atoms with Gasteiger partial charge in [-0.05, 0) is 43.4 Å². The molecule has 208 valence electrons. The molecule has 3 unspecified atom stereocenters. The quantitative estimate of drug-likeness (QED) is 0.285. The van der Waals surface area contributed by atoms with E-state index < -0.39 is 54.7 Å². The minimum Gasteiger partial charge on any atom is -0.374 e. The molecule has 1 saturated carbocycles. The van der Waals surface area contributed by atoms with E-state index in [9.17, 15) is 52.7 Å². The van der Waals surface area contributed by atoms with Gasteiger partial charge in [-0.15, -0.1) is 6.58 Å². The molecule has 1 fully saturated rings. The molecule has 3 aliphatic rings. The van der Waals surface area contributed by atoms with Crippen LogP contribution >= 0.6 is 0 Å². The van der Waals surface area contributed by atoms with Crippen LogP contribution in [-0.4, -0.2) is 46.1 Å². The van der Waals surface area contributed by atoms with E-state index in [1.165, 1.54) is 0 Å². The Morgan fingerprint density at radius 2 is 1.14 bits per heavy atom. The van der Waals surface area contributed by atoms with E-state index in [1.807, 2.05) is 6.08 Å². The monoisotopic (exact) mass is 548 g/mol. The summed E-state index contributed by atoms with van der Waals surface area (Å²) >= 11 is 0. The lowest BCUT2D eigenvalue weighted by atomic mass is 9.82. The van der Waals surface area contributed by atoms with Crippen LogP contribution in [0, 0.1) is 17.8 Å². The van der Waals surface area contributed by atoms with E-state index in [-0.39, 0.29) is 18.3 Å². The maximum Gasteiger partial charge on any atom is 0.426 e. The molecule has 0 radical (unpaired) electrons. The van der Waals surface area contributed by atoms with Crippen molar-refractivity contribution >= 4 is 0 Å². The van der Waals surface area contributed by atoms with Crippen LogP contribution in [0.25, 0.3) is 0 Å². The van der Waals surface area contributed by atoms with Gasteiger partial charge in [0.05, 0.1) is 0 Å². The number of aliphatic hydroxyl groups is 2. The second kappa shape index (κ2) is 11.2. The maximum atomic E-state index is 12.5. The molecule has 0 amide bonds. The summed E-state index contributed by atoms with van der Waals surface area (Å²) < 4.78 is 146. The molecule has 0 aromatic heterocycles. The number of hydrogen-bond acceptors (Lipinski definition) is 2. The second-order valence-electron chi connectivity index (χ2n) is 8.54. The summed E-state index contributed by atoms with van der Waals surface area (Å²) in [5.41, 5.74) is -9.29. The number of allylic oxidation sites excluding steroid dienone is 6. The van der Waals surface area contributed by atoms with E-state index in [4.69, 9.17) is 10.2 Å². The summed E-state index contributed by atoms with van der Waals surface area (Å²) in [6.07, 6.45) is -11.6. The van der Waals surface area contributed by atoms with Crippen LogP contribution < -0.4 is 0 Å². The van der Waals surface area contributed by atoms with Crippen LogP contribution in [0.2, 0.25) is 0 Å². The molecule has 0 aromatic rings. The van der Waals surface area contributed by atoms with Crippen molar-refractivity contribution in [1.29, 1.82) is 0 Å². The summed E-state index contributed by atoms with van der Waals surface area (Å²) in [5.74, 6) is -0.967. The number of halogens is 12. The lowest BCUT2D eigenvalue weighted by Crippen LogP contribution is -2.58. The molecule has 3 aliphatic carbocycles. The van der Waals surface area contributed by atoms with E-state index in [2.05, 4.69) is 30.9 Å². The summed E-state index contributed by atoms with van der Waals surface area (Å²) in [6, 6.07) is 0. The molecule has 2 bridgehead atoms. The highest BCUT2D eigenvalue weighted by molar-refractivity contribution is 5.12. The zero-order chi connectivity index (χ0) is 28.2. The molecule has 0 heterocycles. The smallest absolute Gasteiger partial charge is 0.374 e. The first-order valence-corrected chi connectivity index (χ1v) is 10.4. The third kappa shape index (κ3) is 7.30. The molecule has 14 heteroatoms. The van der Waals surface area contributed by atoms with Gasteiger partial charge in [0.2, 0.25) is 0 Å². The van der Waals surface area contributed by atoms with Gasteiger partial charge in [-0.3, -0.25) is 0 Å². The van der Waals surface area contributed by atoms with E-state index >= 15 is 0 Å². The molecule has 0 saturated heterocycles. The van der Waals surface area contributed by atoms with Crippen molar-refractivity contribution in [3.05, 3.63) is 49.1 Å². The number of hydrogen-bond donors (Lipinski definition) is 2. The normalized spacial score (nSPS) is 23.8. The average Bonchev–Trinajstić information content (AvgIpc) is 3.45. The molecule has 3 atom stereocenters. The fraction of sp³-hybridized carbons (Fsp3) is 0.636. The Morgan fingerprint density at radius 1 is 0.694 bits per heavy atom. The Kier molecular flexibility index (Phi) is 9.97. The van der Waals surface area contributed by atoms with Crippen molar-refractivity contribution < 1.29 is 62.9 Å². The lowest BCUT2D eigenvalue weighted by molar-refractivity contribution is -0.373. The zero-order valence-electron chi connectivity index (χ0n) is 18.4. The Hall–Kier alpha value is -1.96. The predicted octanol–water partition coefficient (Wildman–Crippen LogP) is 7.37. The van der Waals surface area contributed by atoms with Gasteiger partial charge in [-0.1, -0.05) is 42.5 Å². The third-order valence-electron chi connectivity index (χ3n) is 5.94. The average molecular weight is 548 g/mol. The van der Waals surface area contributed by atoms with Gasteiger partial charge in [-0.2, -0.15) is 52.7 Å². The summed E-state index contributed by atoms with van der Waals surface area (Å²) in [6.45, 7) is 2.71. The van der Waals surface area contributed by atoms with Gasteiger partial charge in [0, 0.05) is 6.42 Å². The Morgan fingerprint density at radius 3 is 1.36 bits per heavy atom. The fourth-order valence-electron chi connectivity index (χ4n) is 3.89. The van der Waals surface area contributed by atoms with Crippen molar-refractivity contribution in [3.8, 4) is 0 Å². The zero-order valence-corrected chi connectivity index (χ0v) is 18.4. The topological polar surface area (TPSA) is 40.5 Å². The van der Waals surface area contributed by atoms with Crippen LogP contribution in [-0.2, 0) is 0 Å². The SMILES string of the molecule is C1=CCC=C1.C=CCC(O)(C(F)(F)F)C(F)(F)F.OC(CC1CC2C=CC1C2)(C(F)(F)F)C(F)(F)F. The molecular formula is C22H24F12O2. The Balaban J connectivity index is 0.000000313. The van der Waals surface area contributed by atoms with Crippen molar-refractivity contribution in [1.82, 2.24) is 0 Å². The first-order chi connectivity index (χ1) is 16.1. The minimum atomic E-state index is -5.75. The third-order valence-corrected chi connectivity index (χ3v) is 5.94. The standard InChI is InChI=1S/C11H12F6O.C6H6F6O.C5H6/c12-10(13,14)9(18,11(15,16)17)5-8-4-6-1-2-7(8)3-6;1-2-3-4(13,5(7,8)9)6(10,11)12;1-2-4-5-3-1/h1-2,6-8,18H,3-5H2;2,13H,1,3H2;1-4H,5H2. The highest BCUT2D eigenvalue weighted by Gasteiger charge is 2.71. The van der Waals surface area contributed by atoms with Gasteiger partial charge < -0.3 is 10.2 Å². The van der Waals surface area contributed by atoms with Crippen LogP contribution in [0.1, 0.15) is 32.1 Å². The molecule has 36 heavy (non-hydrogen) atoms. The van der Waals surface area contributed by atoms with Gasteiger partial charge >= 0.3 is 24.7 Å². The van der Waals surface area contributed by atoms with Crippen molar-refractivity contribution in [2.45, 2.75) is 68.0 Å². The Labute approximate surface area is 198 Å². The summed E-state index contributed by atoms with van der Waals surface area (Å²) in [7, 11) is 0. The Bertz CT molecular complexity index is 777. The lowest BCUT2D eigenvalue weighted by Gasteiger charge is -2.35. The highest BCUT2D eigenvalue weighted by Crippen LogP contribution is 2.53. The van der Waals surface area contributed by atoms with Crippen LogP contribution in [0.5, 0.6) is 0 Å². The van der Waals surface area contributed by atoms with E-state index in [1.54, 1.807) is 6.08 Å². The van der Waals surface area contributed by atoms with Gasteiger partial charge in [-0.25, -0.2) is 0 Å². The molecule has 0 spiro atoms. The van der Waals surface area contributed by atoms with Gasteiger partial charge in [0.25, 0.3) is 11.2 Å². The maximum absolute atomic E-state index is 12.5. The van der Waals surface area contributed by atoms with Gasteiger partial charge in [0.15, 0.2) is 0 Å². The summed E-state index contributed by atoms with van der Waals surface area (Å²) in [5, 5.41) is 17.5. The first kappa shape index (κ1) is 32.1. The molecule has 2 N–H and O–H groups in total. The highest BCUT2D eigenvalue weighted by atomic mass is 19.4. The second-order valence-corrected chi connectivity index (χ2v) is 8.54. The van der Waals surface area contributed by atoms with Crippen LogP contribution in [0.15, 0.2) is 49.1 Å². The van der Waals surface area contributed by atoms with Crippen LogP contribution in [0.4, 0.5) is 52.7 Å². The molecular weight excluding hydrogens is 524 g/mol. The first-order valence-electron chi connectivity index (χ1n) is 10.4. The van der Waals surface area contributed by atoms with Gasteiger partial charge in [0.1, 0.15) is 0 Å². The molecule has 3 rings (SSSR count). The van der Waals surface area contributed by atoms with E-state index in [0.717, 1.165) is 6.42 Å². The minimum absolute atomic E-state index is 0.0608. The fourth-order valence-corrected chi connectivity index (χ4v) is 3.89. The molecule has 0 aromatic carbocycles. The molecule has 2 nitrogen and oxygen atoms in total. The number of rotatable bonds is 4. The number of fused-ring (bicyclic) bond motifs is 2. The largest absolute Gasteiger partial charge is 0.426 e. The van der Waals surface area contributed by atoms with Crippen molar-refractivity contribution in [2.24, 2.45) is 17.8 Å². The predicted molar refractivity (Wildman–Crippen MR) is 105 cm³/mol. The van der Waals surface area contributed by atoms with E-state index in [0.29, 0.717) is 12.5 Å². The summed E-state index contributed by atoms with van der Waals surface area (Å²) in [4.78, 5) is 0.